The van der Waals surface area contributed by atoms with Gasteiger partial charge in [-0.15, -0.1) is 0 Å². The molecule has 1 fully saturated rings. The quantitative estimate of drug-likeness (QED) is 0.589. The first-order chi connectivity index (χ1) is 13.3. The predicted octanol–water partition coefficient (Wildman–Crippen LogP) is 2.94. The van der Waals surface area contributed by atoms with Crippen LogP contribution in [0.2, 0.25) is 0 Å². The van der Waals surface area contributed by atoms with Crippen molar-refractivity contribution in [3.05, 3.63) is 41.5 Å². The van der Waals surface area contributed by atoms with Crippen molar-refractivity contribution in [2.24, 2.45) is 11.3 Å². The van der Waals surface area contributed by atoms with Crippen molar-refractivity contribution in [1.82, 2.24) is 0 Å². The summed E-state index contributed by atoms with van der Waals surface area (Å²) in [7, 11) is 4.10. The first-order valence-electron chi connectivity index (χ1n) is 9.01. The summed E-state index contributed by atoms with van der Waals surface area (Å²) in [6.07, 6.45) is 2.04. The van der Waals surface area contributed by atoms with Crippen LogP contribution in [0.3, 0.4) is 0 Å². The molecule has 0 heterocycles. The van der Waals surface area contributed by atoms with Gasteiger partial charge in [0.25, 0.3) is 0 Å². The van der Waals surface area contributed by atoms with Crippen LogP contribution in [0, 0.1) is 11.3 Å². The van der Waals surface area contributed by atoms with Crippen LogP contribution in [0.4, 0.5) is 0 Å². The minimum atomic E-state index is -1.09. The van der Waals surface area contributed by atoms with E-state index in [4.69, 9.17) is 14.2 Å². The lowest BCUT2D eigenvalue weighted by Crippen LogP contribution is -2.41. The predicted molar refractivity (Wildman–Crippen MR) is 101 cm³/mol. The Bertz CT molecular complexity index is 765. The third-order valence-corrected chi connectivity index (χ3v) is 5.53. The molecule has 1 aliphatic rings. The number of carbonyl (C=O) groups is 3. The molecule has 28 heavy (non-hydrogen) atoms. The summed E-state index contributed by atoms with van der Waals surface area (Å²) in [5.41, 5.74) is 0.266. The van der Waals surface area contributed by atoms with E-state index in [1.54, 1.807) is 14.0 Å². The second-order valence-corrected chi connectivity index (χ2v) is 7.07. The minimum absolute atomic E-state index is 0.171. The number of esters is 2. The SMILES string of the molecule is COC(=O)/C=C1\[C@H](CC(=O)O)[C@@H](c2ccc(OC)cc2)CC[C@]1(C)C(=O)OC. The van der Waals surface area contributed by atoms with E-state index in [0.29, 0.717) is 24.2 Å². The Balaban J connectivity index is 2.57. The lowest BCUT2D eigenvalue weighted by molar-refractivity contribution is -0.152. The molecule has 0 aromatic heterocycles. The van der Waals surface area contributed by atoms with E-state index in [1.165, 1.54) is 20.3 Å². The number of hydrogen-bond donors (Lipinski definition) is 1. The average Bonchev–Trinajstić information content (AvgIpc) is 2.69. The third kappa shape index (κ3) is 4.35. The standard InChI is InChI=1S/C21H26O7/c1-21(20(25)28-4)10-9-15(13-5-7-14(26-2)8-6-13)16(11-18(22)23)17(21)12-19(24)27-3/h5-8,12,15-16H,9-11H2,1-4H3,(H,22,23)/b17-12+/t15-,16-,21+/m1/s1. The molecule has 0 radical (unpaired) electrons. The maximum atomic E-state index is 12.5. The largest absolute Gasteiger partial charge is 0.497 e. The van der Waals surface area contributed by atoms with Crippen LogP contribution in [-0.4, -0.2) is 44.3 Å². The van der Waals surface area contributed by atoms with Gasteiger partial charge in [0.1, 0.15) is 5.75 Å². The summed E-state index contributed by atoms with van der Waals surface area (Å²) in [4.78, 5) is 36.2. The monoisotopic (exact) mass is 390 g/mol. The molecule has 0 amide bonds. The normalized spacial score (nSPS) is 25.8. The average molecular weight is 390 g/mol. The highest BCUT2D eigenvalue weighted by molar-refractivity contribution is 5.88. The molecule has 7 heteroatoms. The fraction of sp³-hybridized carbons (Fsp3) is 0.476. The third-order valence-electron chi connectivity index (χ3n) is 5.53. The van der Waals surface area contributed by atoms with E-state index in [-0.39, 0.29) is 12.3 Å². The van der Waals surface area contributed by atoms with Crippen molar-refractivity contribution in [2.75, 3.05) is 21.3 Å². The summed E-state index contributed by atoms with van der Waals surface area (Å²) in [6, 6.07) is 7.39. The van der Waals surface area contributed by atoms with Crippen molar-refractivity contribution in [2.45, 2.75) is 32.1 Å². The molecular formula is C21H26O7. The molecular weight excluding hydrogens is 364 g/mol. The van der Waals surface area contributed by atoms with E-state index < -0.39 is 29.2 Å². The summed E-state index contributed by atoms with van der Waals surface area (Å²) in [5.74, 6) is -2.16. The fourth-order valence-electron chi connectivity index (χ4n) is 4.00. The summed E-state index contributed by atoms with van der Waals surface area (Å²) in [5, 5.41) is 9.51. The van der Waals surface area contributed by atoms with E-state index >= 15 is 0 Å². The minimum Gasteiger partial charge on any atom is -0.497 e. The second kappa shape index (κ2) is 8.91. The molecule has 0 aliphatic heterocycles. The van der Waals surface area contributed by atoms with Crippen molar-refractivity contribution >= 4 is 17.9 Å². The fourth-order valence-corrected chi connectivity index (χ4v) is 4.00. The maximum Gasteiger partial charge on any atom is 0.330 e. The van der Waals surface area contributed by atoms with E-state index in [2.05, 4.69) is 0 Å². The van der Waals surface area contributed by atoms with Crippen molar-refractivity contribution in [1.29, 1.82) is 0 Å². The highest BCUT2D eigenvalue weighted by atomic mass is 16.5. The van der Waals surface area contributed by atoms with Crippen molar-refractivity contribution < 1.29 is 33.7 Å². The van der Waals surface area contributed by atoms with E-state index in [9.17, 15) is 19.5 Å². The molecule has 1 aromatic carbocycles. The van der Waals surface area contributed by atoms with Crippen LogP contribution in [0.15, 0.2) is 35.9 Å². The zero-order valence-electron chi connectivity index (χ0n) is 16.6. The van der Waals surface area contributed by atoms with Gasteiger partial charge in [0.05, 0.1) is 33.2 Å². The highest BCUT2D eigenvalue weighted by Crippen LogP contribution is 2.52. The Hall–Kier alpha value is -2.83. The molecule has 0 spiro atoms. The summed E-state index contributed by atoms with van der Waals surface area (Å²) in [6.45, 7) is 1.69. The lowest BCUT2D eigenvalue weighted by atomic mass is 9.60. The Morgan fingerprint density at radius 2 is 1.79 bits per heavy atom. The Morgan fingerprint density at radius 1 is 1.14 bits per heavy atom. The van der Waals surface area contributed by atoms with Gasteiger partial charge < -0.3 is 19.3 Å². The summed E-state index contributed by atoms with van der Waals surface area (Å²) >= 11 is 0. The topological polar surface area (TPSA) is 99.1 Å². The first kappa shape index (κ1) is 21.5. The van der Waals surface area contributed by atoms with Gasteiger partial charge in [-0.1, -0.05) is 12.1 Å². The molecule has 1 aromatic rings. The number of benzene rings is 1. The maximum absolute atomic E-state index is 12.5. The highest BCUT2D eigenvalue weighted by Gasteiger charge is 2.48. The number of hydrogen-bond acceptors (Lipinski definition) is 6. The van der Waals surface area contributed by atoms with Crippen LogP contribution >= 0.6 is 0 Å². The lowest BCUT2D eigenvalue weighted by Gasteiger charge is -2.43. The Kier molecular flexibility index (Phi) is 6.83. The zero-order chi connectivity index (χ0) is 20.9. The van der Waals surface area contributed by atoms with Crippen molar-refractivity contribution in [3.63, 3.8) is 0 Å². The van der Waals surface area contributed by atoms with E-state index in [0.717, 1.165) is 5.56 Å². The van der Waals surface area contributed by atoms with Gasteiger partial charge in [0, 0.05) is 6.08 Å². The molecule has 152 valence electrons. The number of carbonyl (C=O) groups excluding carboxylic acids is 2. The van der Waals surface area contributed by atoms with Crippen LogP contribution in [0.1, 0.15) is 37.7 Å². The van der Waals surface area contributed by atoms with Gasteiger partial charge in [-0.25, -0.2) is 4.79 Å². The molecule has 2 rings (SSSR count). The number of carboxylic acid groups (broad SMARTS) is 1. The van der Waals surface area contributed by atoms with Gasteiger partial charge in [0.2, 0.25) is 0 Å². The number of rotatable bonds is 6. The number of methoxy groups -OCH3 is 3. The van der Waals surface area contributed by atoms with Gasteiger partial charge in [-0.05, 0) is 54.9 Å². The van der Waals surface area contributed by atoms with Gasteiger partial charge in [-0.3, -0.25) is 9.59 Å². The zero-order valence-corrected chi connectivity index (χ0v) is 16.6. The number of ether oxygens (including phenoxy) is 3. The molecule has 0 saturated heterocycles. The second-order valence-electron chi connectivity index (χ2n) is 7.07. The molecule has 3 atom stereocenters. The molecule has 7 nitrogen and oxygen atoms in total. The Labute approximate surface area is 164 Å². The molecule has 0 unspecified atom stereocenters. The van der Waals surface area contributed by atoms with E-state index in [1.807, 2.05) is 24.3 Å². The van der Waals surface area contributed by atoms with Gasteiger partial charge in [-0.2, -0.15) is 0 Å². The number of carboxylic acids is 1. The first-order valence-corrected chi connectivity index (χ1v) is 9.01. The van der Waals surface area contributed by atoms with Crippen molar-refractivity contribution in [3.8, 4) is 5.75 Å². The van der Waals surface area contributed by atoms with Gasteiger partial charge >= 0.3 is 17.9 Å². The summed E-state index contributed by atoms with van der Waals surface area (Å²) < 4.78 is 14.9. The van der Waals surface area contributed by atoms with Crippen LogP contribution in [0.25, 0.3) is 0 Å². The molecule has 0 bridgehead atoms. The Morgan fingerprint density at radius 3 is 2.29 bits per heavy atom. The van der Waals surface area contributed by atoms with Crippen LogP contribution in [0.5, 0.6) is 5.75 Å². The van der Waals surface area contributed by atoms with Crippen LogP contribution < -0.4 is 4.74 Å². The van der Waals surface area contributed by atoms with Gasteiger partial charge in [0.15, 0.2) is 0 Å². The molecule has 1 N–H and O–H groups in total. The smallest absolute Gasteiger partial charge is 0.330 e. The van der Waals surface area contributed by atoms with Crippen LogP contribution in [-0.2, 0) is 23.9 Å². The molecule has 1 aliphatic carbocycles. The number of aliphatic carboxylic acids is 1. The molecule has 1 saturated carbocycles.